The summed E-state index contributed by atoms with van der Waals surface area (Å²) in [7, 11) is 0. The fourth-order valence-corrected chi connectivity index (χ4v) is 2.98. The number of carbonyl (C=O) groups is 3. The van der Waals surface area contributed by atoms with Gasteiger partial charge in [-0.05, 0) is 54.4 Å². The number of para-hydroxylation sites is 1. The van der Waals surface area contributed by atoms with Crippen molar-refractivity contribution in [2.45, 2.75) is 26.4 Å². The number of hydrogen-bond acceptors (Lipinski definition) is 4. The molecule has 5 N–H and O–H groups in total. The molecule has 0 radical (unpaired) electrons. The highest BCUT2D eigenvalue weighted by Crippen LogP contribution is 2.15. The summed E-state index contributed by atoms with van der Waals surface area (Å²) in [6.07, 6.45) is 1.54. The third-order valence-electron chi connectivity index (χ3n) is 4.68. The number of urea groups is 2. The van der Waals surface area contributed by atoms with E-state index in [1.807, 2.05) is 32.0 Å². The van der Waals surface area contributed by atoms with E-state index in [0.29, 0.717) is 22.8 Å². The number of furan rings is 1. The van der Waals surface area contributed by atoms with Crippen LogP contribution in [0.1, 0.15) is 19.6 Å². The zero-order valence-electron chi connectivity index (χ0n) is 18.4. The van der Waals surface area contributed by atoms with E-state index < -0.39 is 12.1 Å². The fraction of sp³-hybridized carbons (Fsp3) is 0.208. The molecular formula is C24H27N5O4. The molecule has 0 fully saturated rings. The molecule has 1 unspecified atom stereocenters. The first-order valence-electron chi connectivity index (χ1n) is 10.5. The van der Waals surface area contributed by atoms with Gasteiger partial charge >= 0.3 is 12.1 Å². The summed E-state index contributed by atoms with van der Waals surface area (Å²) < 4.78 is 5.16. The van der Waals surface area contributed by atoms with E-state index in [9.17, 15) is 14.4 Å². The zero-order chi connectivity index (χ0) is 23.6. The van der Waals surface area contributed by atoms with E-state index in [-0.39, 0.29) is 24.4 Å². The second-order valence-electron chi connectivity index (χ2n) is 7.64. The second-order valence-corrected chi connectivity index (χ2v) is 7.64. The molecule has 3 aromatic rings. The summed E-state index contributed by atoms with van der Waals surface area (Å²) in [6, 6.07) is 17.6. The van der Waals surface area contributed by atoms with Gasteiger partial charge in [0.25, 0.3) is 0 Å². The summed E-state index contributed by atoms with van der Waals surface area (Å²) >= 11 is 0. The smallest absolute Gasteiger partial charge is 0.319 e. The molecule has 1 atom stereocenters. The van der Waals surface area contributed by atoms with Crippen molar-refractivity contribution >= 4 is 35.0 Å². The van der Waals surface area contributed by atoms with Crippen molar-refractivity contribution in [2.75, 3.05) is 16.0 Å². The summed E-state index contributed by atoms with van der Waals surface area (Å²) in [4.78, 5) is 37.1. The molecule has 2 aromatic carbocycles. The van der Waals surface area contributed by atoms with Crippen LogP contribution in [-0.2, 0) is 11.3 Å². The van der Waals surface area contributed by atoms with Crippen LogP contribution >= 0.6 is 0 Å². The minimum absolute atomic E-state index is 0.134. The molecule has 0 aliphatic rings. The Morgan fingerprint density at radius 3 is 1.97 bits per heavy atom. The number of benzene rings is 2. The molecule has 0 bridgehead atoms. The van der Waals surface area contributed by atoms with Gasteiger partial charge in [0.2, 0.25) is 5.91 Å². The van der Waals surface area contributed by atoms with E-state index in [1.165, 1.54) is 6.26 Å². The van der Waals surface area contributed by atoms with Crippen LogP contribution in [0.4, 0.5) is 26.7 Å². The number of anilines is 3. The third kappa shape index (κ3) is 7.42. The standard InChI is InChI=1S/C24H27N5O4/c1-16(2)21(29-24(32)28-17-7-4-3-5-8-17)22(30)26-18-10-12-19(13-11-18)27-23(31)25-15-20-9-6-14-33-20/h3-14,16,21H,15H2,1-2H3,(H,26,30)(H2,25,27,31)(H2,28,29,32). The van der Waals surface area contributed by atoms with Gasteiger partial charge in [-0.15, -0.1) is 0 Å². The van der Waals surface area contributed by atoms with Crippen molar-refractivity contribution in [1.82, 2.24) is 10.6 Å². The number of hydrogen-bond donors (Lipinski definition) is 5. The first-order valence-corrected chi connectivity index (χ1v) is 10.5. The molecule has 5 amide bonds. The van der Waals surface area contributed by atoms with Crippen LogP contribution in [0.3, 0.4) is 0 Å². The predicted molar refractivity (Wildman–Crippen MR) is 127 cm³/mol. The van der Waals surface area contributed by atoms with Crippen LogP contribution in [0.5, 0.6) is 0 Å². The lowest BCUT2D eigenvalue weighted by molar-refractivity contribution is -0.118. The maximum atomic E-state index is 12.8. The Bertz CT molecular complexity index is 1050. The first kappa shape index (κ1) is 23.4. The Kier molecular flexibility index (Phi) is 8.07. The molecule has 0 saturated carbocycles. The molecular weight excluding hydrogens is 422 g/mol. The summed E-state index contributed by atoms with van der Waals surface area (Å²) in [5.74, 6) is 0.171. The minimum atomic E-state index is -0.737. The minimum Gasteiger partial charge on any atom is -0.467 e. The monoisotopic (exact) mass is 449 g/mol. The van der Waals surface area contributed by atoms with Crippen LogP contribution in [0.15, 0.2) is 77.4 Å². The van der Waals surface area contributed by atoms with Crippen molar-refractivity contribution in [1.29, 1.82) is 0 Å². The average molecular weight is 450 g/mol. The maximum Gasteiger partial charge on any atom is 0.319 e. The van der Waals surface area contributed by atoms with Crippen LogP contribution in [-0.4, -0.2) is 24.0 Å². The molecule has 0 aliphatic heterocycles. The van der Waals surface area contributed by atoms with Crippen LogP contribution < -0.4 is 26.6 Å². The Balaban J connectivity index is 1.50. The highest BCUT2D eigenvalue weighted by molar-refractivity contribution is 5.99. The van der Waals surface area contributed by atoms with Gasteiger partial charge in [-0.2, -0.15) is 0 Å². The predicted octanol–water partition coefficient (Wildman–Crippen LogP) is 4.39. The number of carbonyl (C=O) groups excluding carboxylic acids is 3. The van der Waals surface area contributed by atoms with Gasteiger partial charge in [0, 0.05) is 17.1 Å². The SMILES string of the molecule is CC(C)C(NC(=O)Nc1ccccc1)C(=O)Nc1ccc(NC(=O)NCc2ccco2)cc1. The fourth-order valence-electron chi connectivity index (χ4n) is 2.98. The molecule has 33 heavy (non-hydrogen) atoms. The van der Waals surface area contributed by atoms with E-state index in [2.05, 4.69) is 26.6 Å². The van der Waals surface area contributed by atoms with Crippen molar-refractivity contribution in [3.8, 4) is 0 Å². The Hall–Kier alpha value is -4.27. The van der Waals surface area contributed by atoms with Gasteiger partial charge in [-0.3, -0.25) is 4.79 Å². The molecule has 1 heterocycles. The van der Waals surface area contributed by atoms with Crippen LogP contribution in [0, 0.1) is 5.92 Å². The van der Waals surface area contributed by atoms with Crippen molar-refractivity contribution in [3.63, 3.8) is 0 Å². The van der Waals surface area contributed by atoms with E-state index in [0.717, 1.165) is 0 Å². The van der Waals surface area contributed by atoms with Gasteiger partial charge in [0.05, 0.1) is 12.8 Å². The van der Waals surface area contributed by atoms with Crippen LogP contribution in [0.2, 0.25) is 0 Å². The lowest BCUT2D eigenvalue weighted by Gasteiger charge is -2.22. The maximum absolute atomic E-state index is 12.8. The number of amides is 5. The zero-order valence-corrected chi connectivity index (χ0v) is 18.4. The largest absolute Gasteiger partial charge is 0.467 e. The van der Waals surface area contributed by atoms with Crippen LogP contribution in [0.25, 0.3) is 0 Å². The second kappa shape index (κ2) is 11.4. The normalized spacial score (nSPS) is 11.4. The van der Waals surface area contributed by atoms with Gasteiger partial charge < -0.3 is 31.0 Å². The van der Waals surface area contributed by atoms with Gasteiger partial charge in [0.15, 0.2) is 0 Å². The number of rotatable bonds is 8. The lowest BCUT2D eigenvalue weighted by Crippen LogP contribution is -2.48. The van der Waals surface area contributed by atoms with Gasteiger partial charge in [0.1, 0.15) is 11.8 Å². The molecule has 0 saturated heterocycles. The van der Waals surface area contributed by atoms with Crippen molar-refractivity contribution in [2.24, 2.45) is 5.92 Å². The summed E-state index contributed by atoms with van der Waals surface area (Å²) in [5, 5.41) is 13.6. The Morgan fingerprint density at radius 2 is 1.36 bits per heavy atom. The van der Waals surface area contributed by atoms with E-state index >= 15 is 0 Å². The molecule has 1 aromatic heterocycles. The number of nitrogens with one attached hydrogen (secondary N) is 5. The molecule has 0 aliphatic carbocycles. The Labute approximate surface area is 191 Å². The summed E-state index contributed by atoms with van der Waals surface area (Å²) in [5.41, 5.74) is 1.73. The Morgan fingerprint density at radius 1 is 0.758 bits per heavy atom. The third-order valence-corrected chi connectivity index (χ3v) is 4.68. The molecule has 0 spiro atoms. The summed E-state index contributed by atoms with van der Waals surface area (Å²) in [6.45, 7) is 3.97. The molecule has 9 nitrogen and oxygen atoms in total. The first-order chi connectivity index (χ1) is 15.9. The highest BCUT2D eigenvalue weighted by Gasteiger charge is 2.24. The topological polar surface area (TPSA) is 125 Å². The van der Waals surface area contributed by atoms with E-state index in [4.69, 9.17) is 4.42 Å². The van der Waals surface area contributed by atoms with Gasteiger partial charge in [-0.1, -0.05) is 32.0 Å². The average Bonchev–Trinajstić information content (AvgIpc) is 3.31. The molecule has 3 rings (SSSR count). The molecule has 9 heteroatoms. The van der Waals surface area contributed by atoms with E-state index in [1.54, 1.807) is 48.5 Å². The van der Waals surface area contributed by atoms with Crippen molar-refractivity contribution < 1.29 is 18.8 Å². The van der Waals surface area contributed by atoms with Gasteiger partial charge in [-0.25, -0.2) is 9.59 Å². The van der Waals surface area contributed by atoms with Crippen molar-refractivity contribution in [3.05, 3.63) is 78.8 Å². The lowest BCUT2D eigenvalue weighted by atomic mass is 10.0. The highest BCUT2D eigenvalue weighted by atomic mass is 16.3. The molecule has 172 valence electrons. The quantitative estimate of drug-likeness (QED) is 0.350.